The van der Waals surface area contributed by atoms with Crippen LogP contribution in [-0.4, -0.2) is 82.6 Å². The summed E-state index contributed by atoms with van der Waals surface area (Å²) in [7, 11) is -3.18. The van der Waals surface area contributed by atoms with Crippen LogP contribution in [-0.2, 0) is 31.6 Å². The molecule has 1 saturated heterocycles. The number of sulfonamides is 1. The summed E-state index contributed by atoms with van der Waals surface area (Å²) in [6.07, 6.45) is -3.22. The lowest BCUT2D eigenvalue weighted by Gasteiger charge is -2.25. The first kappa shape index (κ1) is 32.7. The van der Waals surface area contributed by atoms with Gasteiger partial charge < -0.3 is 15.1 Å². The van der Waals surface area contributed by atoms with Gasteiger partial charge in [-0.25, -0.2) is 22.3 Å². The van der Waals surface area contributed by atoms with Crippen molar-refractivity contribution in [1.29, 1.82) is 0 Å². The van der Waals surface area contributed by atoms with Gasteiger partial charge in [0.1, 0.15) is 0 Å². The standard InChI is InChI=1S/C19H24N4O2S.2C2HF3O2/c1-2-11-26(24,25)23-10-7-19(15-23)14-22(13-16-5-3-8-20-12-16)17-6-4-9-21-18(17)19;2*3-2(4,5)1(6)7/h3-6,8-9,12H,2,7,10-11,13-15H2,1H3;2*(H,6,7). The Labute approximate surface area is 225 Å². The number of halogens is 6. The van der Waals surface area contributed by atoms with Gasteiger partial charge in [0.2, 0.25) is 10.0 Å². The van der Waals surface area contributed by atoms with Crippen molar-refractivity contribution in [1.82, 2.24) is 14.3 Å². The molecule has 0 radical (unpaired) electrons. The molecule has 1 spiro atoms. The molecule has 40 heavy (non-hydrogen) atoms. The lowest BCUT2D eigenvalue weighted by atomic mass is 9.85. The maximum Gasteiger partial charge on any atom is 0.490 e. The van der Waals surface area contributed by atoms with Crippen molar-refractivity contribution in [3.63, 3.8) is 0 Å². The fourth-order valence-corrected chi connectivity index (χ4v) is 5.81. The van der Waals surface area contributed by atoms with Gasteiger partial charge in [-0.15, -0.1) is 0 Å². The number of aliphatic carboxylic acids is 2. The van der Waals surface area contributed by atoms with Crippen molar-refractivity contribution in [2.45, 2.75) is 44.1 Å². The van der Waals surface area contributed by atoms with Crippen molar-refractivity contribution in [3.05, 3.63) is 54.1 Å². The Kier molecular flexibility index (Phi) is 10.5. The second-order valence-electron chi connectivity index (χ2n) is 8.87. The smallest absolute Gasteiger partial charge is 0.475 e. The van der Waals surface area contributed by atoms with Gasteiger partial charge in [0.15, 0.2) is 0 Å². The van der Waals surface area contributed by atoms with E-state index in [-0.39, 0.29) is 11.2 Å². The zero-order chi connectivity index (χ0) is 30.4. The predicted octanol–water partition coefficient (Wildman–Crippen LogP) is 3.45. The monoisotopic (exact) mass is 600 g/mol. The largest absolute Gasteiger partial charge is 0.490 e. The van der Waals surface area contributed by atoms with Gasteiger partial charge in [0, 0.05) is 50.2 Å². The molecule has 4 heterocycles. The van der Waals surface area contributed by atoms with Gasteiger partial charge in [-0.05, 0) is 36.6 Å². The number of pyridine rings is 2. The lowest BCUT2D eigenvalue weighted by molar-refractivity contribution is -0.193. The Morgan fingerprint density at radius 1 is 1.00 bits per heavy atom. The molecule has 0 amide bonds. The number of carbonyl (C=O) groups is 2. The number of carboxylic acids is 2. The van der Waals surface area contributed by atoms with Crippen LogP contribution < -0.4 is 4.90 Å². The molecule has 222 valence electrons. The van der Waals surface area contributed by atoms with Gasteiger partial charge in [-0.1, -0.05) is 13.0 Å². The maximum absolute atomic E-state index is 12.5. The van der Waals surface area contributed by atoms with Crippen LogP contribution in [0.5, 0.6) is 0 Å². The van der Waals surface area contributed by atoms with E-state index in [1.165, 1.54) is 0 Å². The highest BCUT2D eigenvalue weighted by Gasteiger charge is 2.50. The van der Waals surface area contributed by atoms with Gasteiger partial charge in [0.05, 0.1) is 17.1 Å². The minimum atomic E-state index is -5.08. The fourth-order valence-electron chi connectivity index (χ4n) is 4.22. The number of hydrogen-bond acceptors (Lipinski definition) is 7. The summed E-state index contributed by atoms with van der Waals surface area (Å²) in [6, 6.07) is 8.06. The molecule has 1 atom stereocenters. The molecule has 2 aliphatic rings. The molecule has 0 saturated carbocycles. The first-order chi connectivity index (χ1) is 18.4. The average Bonchev–Trinajstić information content (AvgIpc) is 3.42. The highest BCUT2D eigenvalue weighted by atomic mass is 32.2. The summed E-state index contributed by atoms with van der Waals surface area (Å²) in [5.41, 5.74) is 3.09. The first-order valence-electron chi connectivity index (χ1n) is 11.6. The summed E-state index contributed by atoms with van der Waals surface area (Å²) in [5.74, 6) is -5.29. The number of alkyl halides is 6. The van der Waals surface area contributed by atoms with Crippen LogP contribution in [0.4, 0.5) is 32.0 Å². The van der Waals surface area contributed by atoms with E-state index in [2.05, 4.69) is 27.0 Å². The van der Waals surface area contributed by atoms with Gasteiger partial charge >= 0.3 is 24.3 Å². The average molecular weight is 601 g/mol. The molecule has 2 N–H and O–H groups in total. The van der Waals surface area contributed by atoms with Crippen LogP contribution in [0.1, 0.15) is 31.0 Å². The number of anilines is 1. The topological polar surface area (TPSA) is 141 Å². The third kappa shape index (κ3) is 8.51. The van der Waals surface area contributed by atoms with E-state index in [9.17, 15) is 34.8 Å². The SMILES string of the molecule is CCCS(=O)(=O)N1CCC2(CN(Cc3cccnc3)c3cccnc32)C1.O=C(O)C(F)(F)F.O=C(O)C(F)(F)F. The number of hydrogen-bond donors (Lipinski definition) is 2. The number of aromatic nitrogens is 2. The summed E-state index contributed by atoms with van der Waals surface area (Å²) in [5, 5.41) is 14.2. The second kappa shape index (κ2) is 12.8. The molecule has 2 aromatic heterocycles. The zero-order valence-corrected chi connectivity index (χ0v) is 21.8. The number of nitrogens with zero attached hydrogens (tertiary/aromatic N) is 4. The van der Waals surface area contributed by atoms with Crippen LogP contribution in [0.2, 0.25) is 0 Å². The van der Waals surface area contributed by atoms with Crippen LogP contribution in [0.3, 0.4) is 0 Å². The van der Waals surface area contributed by atoms with Crippen LogP contribution >= 0.6 is 0 Å². The highest BCUT2D eigenvalue weighted by molar-refractivity contribution is 7.89. The summed E-state index contributed by atoms with van der Waals surface area (Å²) >= 11 is 0. The second-order valence-corrected chi connectivity index (χ2v) is 11.0. The van der Waals surface area contributed by atoms with Gasteiger partial charge in [-0.2, -0.15) is 26.3 Å². The van der Waals surface area contributed by atoms with Gasteiger partial charge in [-0.3, -0.25) is 9.97 Å². The highest BCUT2D eigenvalue weighted by Crippen LogP contribution is 2.46. The molecule has 0 bridgehead atoms. The summed E-state index contributed by atoms with van der Waals surface area (Å²) in [4.78, 5) is 29.0. The summed E-state index contributed by atoms with van der Waals surface area (Å²) < 4.78 is 90.2. The van der Waals surface area contributed by atoms with E-state index >= 15 is 0 Å². The minimum absolute atomic E-state index is 0.209. The Morgan fingerprint density at radius 2 is 1.57 bits per heavy atom. The third-order valence-corrected chi connectivity index (χ3v) is 7.90. The molecular formula is C23H26F6N4O6S. The Bertz CT molecular complexity index is 1250. The molecule has 1 unspecified atom stereocenters. The minimum Gasteiger partial charge on any atom is -0.475 e. The van der Waals surface area contributed by atoms with E-state index in [4.69, 9.17) is 19.8 Å². The molecule has 4 rings (SSSR count). The fraction of sp³-hybridized carbons (Fsp3) is 0.478. The van der Waals surface area contributed by atoms with Crippen LogP contribution in [0, 0.1) is 0 Å². The molecular weight excluding hydrogens is 574 g/mol. The normalized spacial score (nSPS) is 18.8. The molecule has 0 aromatic carbocycles. The van der Waals surface area contributed by atoms with Crippen molar-refractivity contribution >= 4 is 27.6 Å². The van der Waals surface area contributed by atoms with E-state index in [1.807, 2.05) is 31.5 Å². The van der Waals surface area contributed by atoms with Crippen LogP contribution in [0.15, 0.2) is 42.9 Å². The first-order valence-corrected chi connectivity index (χ1v) is 13.2. The molecule has 10 nitrogen and oxygen atoms in total. The van der Waals surface area contributed by atoms with E-state index < -0.39 is 34.3 Å². The van der Waals surface area contributed by atoms with Crippen LogP contribution in [0.25, 0.3) is 0 Å². The Balaban J connectivity index is 0.000000333. The van der Waals surface area contributed by atoms with E-state index in [0.29, 0.717) is 19.5 Å². The van der Waals surface area contributed by atoms with E-state index in [0.717, 1.165) is 36.5 Å². The predicted molar refractivity (Wildman–Crippen MR) is 129 cm³/mol. The number of fused-ring (bicyclic) bond motifs is 2. The Hall–Kier alpha value is -3.47. The molecule has 0 aliphatic carbocycles. The lowest BCUT2D eigenvalue weighted by Crippen LogP contribution is -2.39. The van der Waals surface area contributed by atoms with Crippen molar-refractivity contribution in [2.75, 3.05) is 30.3 Å². The zero-order valence-electron chi connectivity index (χ0n) is 21.0. The maximum atomic E-state index is 12.5. The summed E-state index contributed by atoms with van der Waals surface area (Å²) in [6.45, 7) is 4.58. The van der Waals surface area contributed by atoms with Crippen molar-refractivity contribution < 1.29 is 54.6 Å². The van der Waals surface area contributed by atoms with Gasteiger partial charge in [0.25, 0.3) is 0 Å². The Morgan fingerprint density at radius 3 is 2.08 bits per heavy atom. The molecule has 2 aliphatic heterocycles. The third-order valence-electron chi connectivity index (χ3n) is 5.88. The van der Waals surface area contributed by atoms with E-state index in [1.54, 1.807) is 10.5 Å². The number of carboxylic acid groups (broad SMARTS) is 2. The van der Waals surface area contributed by atoms with Crippen molar-refractivity contribution in [3.8, 4) is 0 Å². The number of rotatable bonds is 5. The molecule has 2 aromatic rings. The quantitative estimate of drug-likeness (QED) is 0.494. The van der Waals surface area contributed by atoms with Crippen molar-refractivity contribution in [2.24, 2.45) is 0 Å². The molecule has 17 heteroatoms. The molecule has 1 fully saturated rings.